The van der Waals surface area contributed by atoms with Crippen LogP contribution in [0.1, 0.15) is 18.9 Å². The van der Waals surface area contributed by atoms with E-state index in [9.17, 15) is 13.5 Å². The maximum Gasteiger partial charge on any atom is 0.283 e. The molecule has 4 aromatic rings. The average Bonchev–Trinajstić information content (AvgIpc) is 3.38. The highest BCUT2D eigenvalue weighted by Crippen LogP contribution is 2.22. The maximum atomic E-state index is 12.2. The molecule has 2 aromatic carbocycles. The minimum Gasteiger partial charge on any atom is -0.394 e. The Bertz CT molecular complexity index is 1550. The second kappa shape index (κ2) is 13.5. The van der Waals surface area contributed by atoms with Crippen LogP contribution in [0.4, 0.5) is 17.5 Å². The van der Waals surface area contributed by atoms with Gasteiger partial charge in [0.15, 0.2) is 17.0 Å². The zero-order valence-corrected chi connectivity index (χ0v) is 22.8. The number of hydrogen-bond donors (Lipinski definition) is 5. The molecule has 0 radical (unpaired) electrons. The SMILES string of the molecule is CC[C@H](CO)Nc1nc(NCc2ccccc2)c2ncn(CCNc3ccc(S(=O)(=O)/N=C/N=CN)cc3)c2n1. The highest BCUT2D eigenvalue weighted by Gasteiger charge is 2.16. The molecule has 0 saturated heterocycles. The largest absolute Gasteiger partial charge is 0.394 e. The lowest BCUT2D eigenvalue weighted by Gasteiger charge is -2.16. The number of fused-ring (bicyclic) bond motifs is 1. The number of hydrogen-bond acceptors (Lipinski definition) is 9. The molecular formula is C26H32N10O3S. The molecule has 0 aliphatic heterocycles. The number of benzene rings is 2. The number of aromatic nitrogens is 4. The molecule has 0 fully saturated rings. The minimum absolute atomic E-state index is 0.0397. The highest BCUT2D eigenvalue weighted by atomic mass is 32.2. The van der Waals surface area contributed by atoms with E-state index in [4.69, 9.17) is 5.73 Å². The lowest BCUT2D eigenvalue weighted by molar-refractivity contribution is 0.271. The van der Waals surface area contributed by atoms with Crippen molar-refractivity contribution in [3.63, 3.8) is 0 Å². The summed E-state index contributed by atoms with van der Waals surface area (Å²) in [7, 11) is -3.85. The molecule has 40 heavy (non-hydrogen) atoms. The second-order valence-electron chi connectivity index (χ2n) is 8.72. The smallest absolute Gasteiger partial charge is 0.283 e. The minimum atomic E-state index is -3.85. The molecule has 0 saturated carbocycles. The molecule has 0 unspecified atom stereocenters. The Balaban J connectivity index is 1.49. The van der Waals surface area contributed by atoms with Crippen LogP contribution >= 0.6 is 0 Å². The lowest BCUT2D eigenvalue weighted by atomic mass is 10.2. The number of nitrogens with two attached hydrogens (primary N) is 1. The Morgan fingerprint density at radius 2 is 1.88 bits per heavy atom. The van der Waals surface area contributed by atoms with Gasteiger partial charge < -0.3 is 31.4 Å². The van der Waals surface area contributed by atoms with Crippen molar-refractivity contribution >= 4 is 51.3 Å². The number of sulfonamides is 1. The van der Waals surface area contributed by atoms with Gasteiger partial charge in [0, 0.05) is 25.3 Å². The third kappa shape index (κ3) is 7.30. The van der Waals surface area contributed by atoms with Crippen LogP contribution in [-0.2, 0) is 23.1 Å². The number of rotatable bonds is 14. The van der Waals surface area contributed by atoms with Crippen molar-refractivity contribution in [1.29, 1.82) is 0 Å². The standard InChI is InChI=1S/C26H32N10O3S/c1-2-20(15-37)33-26-34-24(30-14-19-6-4-3-5-7-19)23-25(35-26)36(18-31-23)13-12-29-21-8-10-22(11-9-21)40(38,39)32-17-28-16-27/h3-11,16-18,20,29,37H,2,12-15H2,1H3,(H2,27,28,32)(H2,30,33,34,35)/t20-/m1/s1. The van der Waals surface area contributed by atoms with E-state index in [1.165, 1.54) is 12.1 Å². The van der Waals surface area contributed by atoms with E-state index in [-0.39, 0.29) is 17.5 Å². The Kier molecular flexibility index (Phi) is 9.59. The number of imidazole rings is 1. The van der Waals surface area contributed by atoms with E-state index >= 15 is 0 Å². The predicted octanol–water partition coefficient (Wildman–Crippen LogP) is 2.44. The molecule has 14 heteroatoms. The van der Waals surface area contributed by atoms with Crippen LogP contribution in [0.5, 0.6) is 0 Å². The van der Waals surface area contributed by atoms with Crippen LogP contribution in [0.25, 0.3) is 11.2 Å². The Hall–Kier alpha value is -4.56. The molecule has 210 valence electrons. The molecule has 0 aliphatic carbocycles. The van der Waals surface area contributed by atoms with Gasteiger partial charge in [-0.15, -0.1) is 4.40 Å². The number of aliphatic imine (C=N–C) groups is 1. The molecule has 0 spiro atoms. The van der Waals surface area contributed by atoms with Gasteiger partial charge in [-0.3, -0.25) is 0 Å². The Labute approximate surface area is 232 Å². The third-order valence-electron chi connectivity index (χ3n) is 5.99. The summed E-state index contributed by atoms with van der Waals surface area (Å²) in [6.07, 6.45) is 4.26. The van der Waals surface area contributed by atoms with E-state index < -0.39 is 10.0 Å². The van der Waals surface area contributed by atoms with Crippen LogP contribution in [-0.4, -0.2) is 64.9 Å². The summed E-state index contributed by atoms with van der Waals surface area (Å²) in [5, 5.41) is 19.5. The van der Waals surface area contributed by atoms with Gasteiger partial charge in [-0.1, -0.05) is 37.3 Å². The predicted molar refractivity (Wildman–Crippen MR) is 157 cm³/mol. The van der Waals surface area contributed by atoms with E-state index in [0.717, 1.165) is 23.9 Å². The summed E-state index contributed by atoms with van der Waals surface area (Å²) >= 11 is 0. The molecule has 0 aliphatic rings. The quantitative estimate of drug-likeness (QED) is 0.113. The van der Waals surface area contributed by atoms with Crippen LogP contribution < -0.4 is 21.7 Å². The van der Waals surface area contributed by atoms with Gasteiger partial charge >= 0.3 is 0 Å². The van der Waals surface area contributed by atoms with Gasteiger partial charge in [-0.25, -0.2) is 9.98 Å². The first-order valence-electron chi connectivity index (χ1n) is 12.7. The first kappa shape index (κ1) is 28.4. The van der Waals surface area contributed by atoms with Crippen molar-refractivity contribution < 1.29 is 13.5 Å². The van der Waals surface area contributed by atoms with E-state index in [1.807, 2.05) is 41.8 Å². The first-order valence-corrected chi connectivity index (χ1v) is 14.1. The molecule has 1 atom stereocenters. The normalized spacial score (nSPS) is 12.8. The van der Waals surface area contributed by atoms with Gasteiger partial charge in [0.25, 0.3) is 10.0 Å². The van der Waals surface area contributed by atoms with Crippen LogP contribution in [0.2, 0.25) is 0 Å². The van der Waals surface area contributed by atoms with Crippen molar-refractivity contribution in [3.8, 4) is 0 Å². The number of nitrogens with one attached hydrogen (secondary N) is 3. The average molecular weight is 565 g/mol. The number of aliphatic hydroxyl groups excluding tert-OH is 1. The lowest BCUT2D eigenvalue weighted by Crippen LogP contribution is -2.24. The topological polar surface area (TPSA) is 185 Å². The summed E-state index contributed by atoms with van der Waals surface area (Å²) < 4.78 is 29.8. The number of aliphatic hydroxyl groups is 1. The fourth-order valence-electron chi connectivity index (χ4n) is 3.79. The number of anilines is 3. The van der Waals surface area contributed by atoms with E-state index in [0.29, 0.717) is 49.0 Å². The first-order chi connectivity index (χ1) is 19.4. The van der Waals surface area contributed by atoms with E-state index in [1.54, 1.807) is 18.5 Å². The molecule has 13 nitrogen and oxygen atoms in total. The fraction of sp³-hybridized carbons (Fsp3) is 0.269. The fourth-order valence-corrected chi connectivity index (χ4v) is 4.57. The molecular weight excluding hydrogens is 532 g/mol. The van der Waals surface area contributed by atoms with Gasteiger partial charge in [-0.2, -0.15) is 18.4 Å². The van der Waals surface area contributed by atoms with Gasteiger partial charge in [0.2, 0.25) is 5.95 Å². The maximum absolute atomic E-state index is 12.2. The van der Waals surface area contributed by atoms with Crippen molar-refractivity contribution in [1.82, 2.24) is 19.5 Å². The molecule has 0 amide bonds. The van der Waals surface area contributed by atoms with Crippen molar-refractivity contribution in [2.45, 2.75) is 37.4 Å². The Morgan fingerprint density at radius 1 is 1.10 bits per heavy atom. The van der Waals surface area contributed by atoms with Crippen LogP contribution in [0, 0.1) is 0 Å². The monoisotopic (exact) mass is 564 g/mol. The molecule has 2 aromatic heterocycles. The molecule has 0 bridgehead atoms. The molecule has 4 rings (SSSR count). The van der Waals surface area contributed by atoms with Gasteiger partial charge in [0.1, 0.15) is 6.34 Å². The zero-order valence-electron chi connectivity index (χ0n) is 22.0. The summed E-state index contributed by atoms with van der Waals surface area (Å²) in [5.74, 6) is 0.989. The molecule has 2 heterocycles. The third-order valence-corrected chi connectivity index (χ3v) is 7.23. The Morgan fingerprint density at radius 3 is 2.58 bits per heavy atom. The second-order valence-corrected chi connectivity index (χ2v) is 10.4. The number of nitrogens with zero attached hydrogens (tertiary/aromatic N) is 6. The molecule has 6 N–H and O–H groups in total. The zero-order chi connectivity index (χ0) is 28.4. The van der Waals surface area contributed by atoms with Gasteiger partial charge in [-0.05, 0) is 36.2 Å². The van der Waals surface area contributed by atoms with Crippen LogP contribution in [0.3, 0.4) is 0 Å². The van der Waals surface area contributed by atoms with E-state index in [2.05, 4.69) is 40.3 Å². The highest BCUT2D eigenvalue weighted by molar-refractivity contribution is 7.90. The van der Waals surface area contributed by atoms with Crippen molar-refractivity contribution in [2.75, 3.05) is 29.1 Å². The van der Waals surface area contributed by atoms with Crippen molar-refractivity contribution in [3.05, 3.63) is 66.5 Å². The van der Waals surface area contributed by atoms with Gasteiger partial charge in [0.05, 0.1) is 30.2 Å². The summed E-state index contributed by atoms with van der Waals surface area (Å²) in [6.45, 7) is 3.55. The van der Waals surface area contributed by atoms with Crippen LogP contribution in [0.15, 0.2) is 75.2 Å². The summed E-state index contributed by atoms with van der Waals surface area (Å²) in [4.78, 5) is 17.4. The summed E-state index contributed by atoms with van der Waals surface area (Å²) in [6, 6.07) is 16.1. The van der Waals surface area contributed by atoms with Crippen molar-refractivity contribution in [2.24, 2.45) is 15.1 Å². The summed E-state index contributed by atoms with van der Waals surface area (Å²) in [5.41, 5.74) is 8.21.